The van der Waals surface area contributed by atoms with Crippen LogP contribution >= 0.6 is 22.6 Å². The van der Waals surface area contributed by atoms with E-state index in [-0.39, 0.29) is 6.04 Å². The largest absolute Gasteiger partial charge is 0.327 e. The summed E-state index contributed by atoms with van der Waals surface area (Å²) in [5, 5.41) is 0. The van der Waals surface area contributed by atoms with E-state index in [2.05, 4.69) is 85.0 Å². The molecule has 2 N–H and O–H groups in total. The summed E-state index contributed by atoms with van der Waals surface area (Å²) >= 11 is 2.33. The van der Waals surface area contributed by atoms with E-state index in [1.165, 1.54) is 20.3 Å². The molecule has 0 aliphatic carbocycles. The number of rotatable bonds is 4. The summed E-state index contributed by atoms with van der Waals surface area (Å²) in [4.78, 5) is 0. The molecule has 2 aromatic carbocycles. The van der Waals surface area contributed by atoms with Crippen LogP contribution in [0.5, 0.6) is 0 Å². The lowest BCUT2D eigenvalue weighted by atomic mass is 9.86. The van der Waals surface area contributed by atoms with Gasteiger partial charge in [0.25, 0.3) is 0 Å². The van der Waals surface area contributed by atoms with E-state index in [0.29, 0.717) is 5.92 Å². The fourth-order valence-corrected chi connectivity index (χ4v) is 2.74. The molecule has 2 atom stereocenters. The zero-order chi connectivity index (χ0) is 13.8. The molecule has 0 radical (unpaired) electrons. The summed E-state index contributed by atoms with van der Waals surface area (Å²) in [5.74, 6) is 0.375. The molecule has 19 heavy (non-hydrogen) atoms. The summed E-state index contributed by atoms with van der Waals surface area (Å²) in [6.45, 7) is 4.23. The lowest BCUT2D eigenvalue weighted by Gasteiger charge is -2.22. The number of hydrogen-bond donors (Lipinski definition) is 1. The highest BCUT2D eigenvalue weighted by molar-refractivity contribution is 14.1. The van der Waals surface area contributed by atoms with E-state index in [1.807, 2.05) is 0 Å². The maximum absolute atomic E-state index is 6.20. The molecule has 2 heteroatoms. The molecule has 0 aromatic heterocycles. The van der Waals surface area contributed by atoms with Gasteiger partial charge in [0.05, 0.1) is 0 Å². The van der Waals surface area contributed by atoms with Gasteiger partial charge in [0.2, 0.25) is 0 Å². The number of halogens is 1. The smallest absolute Gasteiger partial charge is 0.0130 e. The fraction of sp³-hybridized carbons (Fsp3) is 0.294. The first-order valence-electron chi connectivity index (χ1n) is 6.63. The molecule has 0 saturated heterocycles. The second kappa shape index (κ2) is 6.53. The molecule has 2 rings (SSSR count). The standard InChI is InChI=1S/C17H20IN/c1-12-4-3-5-15(10-12)17(13(2)19)11-14-6-8-16(18)9-7-14/h3-10,13,17H,11,19H2,1-2H3. The summed E-state index contributed by atoms with van der Waals surface area (Å²) in [6, 6.07) is 17.6. The fourth-order valence-electron chi connectivity index (χ4n) is 2.38. The predicted octanol–water partition coefficient (Wildman–Crippen LogP) is 4.27. The van der Waals surface area contributed by atoms with Gasteiger partial charge in [-0.25, -0.2) is 0 Å². The minimum Gasteiger partial charge on any atom is -0.327 e. The van der Waals surface area contributed by atoms with Crippen molar-refractivity contribution in [1.29, 1.82) is 0 Å². The third kappa shape index (κ3) is 4.05. The van der Waals surface area contributed by atoms with E-state index in [1.54, 1.807) is 0 Å². The zero-order valence-electron chi connectivity index (χ0n) is 11.4. The molecule has 0 heterocycles. The van der Waals surface area contributed by atoms with Crippen LogP contribution in [0.2, 0.25) is 0 Å². The number of aryl methyl sites for hydroxylation is 1. The van der Waals surface area contributed by atoms with E-state index in [4.69, 9.17) is 5.73 Å². The van der Waals surface area contributed by atoms with Crippen molar-refractivity contribution in [2.24, 2.45) is 5.73 Å². The quantitative estimate of drug-likeness (QED) is 0.805. The van der Waals surface area contributed by atoms with Gasteiger partial charge in [0.1, 0.15) is 0 Å². The van der Waals surface area contributed by atoms with Crippen LogP contribution in [0.25, 0.3) is 0 Å². The van der Waals surface area contributed by atoms with Gasteiger partial charge in [-0.1, -0.05) is 42.0 Å². The maximum Gasteiger partial charge on any atom is 0.0130 e. The Morgan fingerprint density at radius 3 is 2.37 bits per heavy atom. The SMILES string of the molecule is Cc1cccc(C(Cc2ccc(I)cc2)C(C)N)c1. The molecule has 100 valence electrons. The molecular formula is C17H20IN. The minimum atomic E-state index is 0.154. The van der Waals surface area contributed by atoms with Crippen molar-refractivity contribution in [3.63, 3.8) is 0 Å². The molecule has 0 spiro atoms. The molecule has 0 fully saturated rings. The van der Waals surface area contributed by atoms with Crippen LogP contribution < -0.4 is 5.73 Å². The molecule has 1 nitrogen and oxygen atoms in total. The average Bonchev–Trinajstić information content (AvgIpc) is 2.37. The first-order valence-corrected chi connectivity index (χ1v) is 7.70. The minimum absolute atomic E-state index is 0.154. The Balaban J connectivity index is 2.23. The van der Waals surface area contributed by atoms with Crippen molar-refractivity contribution in [2.75, 3.05) is 0 Å². The van der Waals surface area contributed by atoms with Crippen LogP contribution in [0.1, 0.15) is 29.5 Å². The third-order valence-corrected chi connectivity index (χ3v) is 4.19. The Morgan fingerprint density at radius 2 is 1.79 bits per heavy atom. The monoisotopic (exact) mass is 365 g/mol. The second-order valence-electron chi connectivity index (χ2n) is 5.21. The lowest BCUT2D eigenvalue weighted by molar-refractivity contribution is 0.565. The molecular weight excluding hydrogens is 345 g/mol. The van der Waals surface area contributed by atoms with Crippen molar-refractivity contribution >= 4 is 22.6 Å². The van der Waals surface area contributed by atoms with Crippen molar-refractivity contribution < 1.29 is 0 Å². The molecule has 0 amide bonds. The van der Waals surface area contributed by atoms with Crippen molar-refractivity contribution in [2.45, 2.75) is 32.2 Å². The second-order valence-corrected chi connectivity index (χ2v) is 6.46. The highest BCUT2D eigenvalue weighted by Gasteiger charge is 2.16. The highest BCUT2D eigenvalue weighted by atomic mass is 127. The van der Waals surface area contributed by atoms with Gasteiger partial charge in [-0.15, -0.1) is 0 Å². The highest BCUT2D eigenvalue weighted by Crippen LogP contribution is 2.24. The van der Waals surface area contributed by atoms with Crippen LogP contribution in [0.15, 0.2) is 48.5 Å². The number of benzene rings is 2. The van der Waals surface area contributed by atoms with Crippen molar-refractivity contribution in [1.82, 2.24) is 0 Å². The van der Waals surface area contributed by atoms with E-state index in [9.17, 15) is 0 Å². The van der Waals surface area contributed by atoms with Gasteiger partial charge < -0.3 is 5.73 Å². The van der Waals surface area contributed by atoms with E-state index < -0.39 is 0 Å². The van der Waals surface area contributed by atoms with Crippen LogP contribution in [0, 0.1) is 10.5 Å². The Morgan fingerprint density at radius 1 is 1.11 bits per heavy atom. The summed E-state index contributed by atoms with van der Waals surface area (Å²) < 4.78 is 1.27. The van der Waals surface area contributed by atoms with Crippen LogP contribution in [0.4, 0.5) is 0 Å². The van der Waals surface area contributed by atoms with Gasteiger partial charge >= 0.3 is 0 Å². The van der Waals surface area contributed by atoms with Crippen molar-refractivity contribution in [3.05, 3.63) is 68.8 Å². The van der Waals surface area contributed by atoms with E-state index >= 15 is 0 Å². The average molecular weight is 365 g/mol. The van der Waals surface area contributed by atoms with Gasteiger partial charge in [-0.2, -0.15) is 0 Å². The molecule has 2 aromatic rings. The van der Waals surface area contributed by atoms with Crippen LogP contribution in [-0.2, 0) is 6.42 Å². The van der Waals surface area contributed by atoms with Gasteiger partial charge in [0.15, 0.2) is 0 Å². The molecule has 0 aliphatic heterocycles. The first kappa shape index (κ1) is 14.5. The summed E-state index contributed by atoms with van der Waals surface area (Å²) in [7, 11) is 0. The predicted molar refractivity (Wildman–Crippen MR) is 90.4 cm³/mol. The molecule has 0 bridgehead atoms. The first-order chi connectivity index (χ1) is 9.06. The number of hydrogen-bond acceptors (Lipinski definition) is 1. The topological polar surface area (TPSA) is 26.0 Å². The lowest BCUT2D eigenvalue weighted by Crippen LogP contribution is -2.26. The van der Waals surface area contributed by atoms with Gasteiger partial charge in [0, 0.05) is 15.5 Å². The molecule has 2 unspecified atom stereocenters. The van der Waals surface area contributed by atoms with Crippen molar-refractivity contribution in [3.8, 4) is 0 Å². The van der Waals surface area contributed by atoms with Crippen LogP contribution in [0.3, 0.4) is 0 Å². The van der Waals surface area contributed by atoms with Crippen LogP contribution in [-0.4, -0.2) is 6.04 Å². The Kier molecular flexibility index (Phi) is 4.99. The van der Waals surface area contributed by atoms with Gasteiger partial charge in [-0.3, -0.25) is 0 Å². The Labute approximate surface area is 129 Å². The molecule has 0 saturated carbocycles. The maximum atomic E-state index is 6.20. The Bertz CT molecular complexity index is 531. The van der Waals surface area contributed by atoms with E-state index in [0.717, 1.165) is 6.42 Å². The third-order valence-electron chi connectivity index (χ3n) is 3.47. The summed E-state index contributed by atoms with van der Waals surface area (Å²) in [5.41, 5.74) is 10.2. The van der Waals surface area contributed by atoms with Gasteiger partial charge in [-0.05, 0) is 66.1 Å². The normalized spacial score (nSPS) is 14.1. The zero-order valence-corrected chi connectivity index (χ0v) is 13.6. The number of nitrogens with two attached hydrogens (primary N) is 1. The summed E-state index contributed by atoms with van der Waals surface area (Å²) in [6.07, 6.45) is 0.998. The molecule has 0 aliphatic rings. The Hall–Kier alpha value is -0.870.